The van der Waals surface area contributed by atoms with Gasteiger partial charge in [-0.25, -0.2) is 0 Å². The first-order valence-corrected chi connectivity index (χ1v) is 7.01. The van der Waals surface area contributed by atoms with Crippen molar-refractivity contribution in [1.82, 2.24) is 0 Å². The highest BCUT2D eigenvalue weighted by molar-refractivity contribution is 6.31. The monoisotopic (exact) mass is 306 g/mol. The Morgan fingerprint density at radius 2 is 1.86 bits per heavy atom. The molecule has 0 radical (unpaired) electrons. The Kier molecular flexibility index (Phi) is 5.17. The van der Waals surface area contributed by atoms with Gasteiger partial charge in [0.2, 0.25) is 0 Å². The molecule has 0 saturated heterocycles. The number of halogens is 1. The third-order valence-electron chi connectivity index (χ3n) is 3.16. The van der Waals surface area contributed by atoms with Crippen LogP contribution in [0.4, 0.5) is 11.4 Å². The molecule has 0 unspecified atom stereocenters. The molecule has 0 fully saturated rings. The predicted octanol–water partition coefficient (Wildman–Crippen LogP) is 3.45. The van der Waals surface area contributed by atoms with E-state index in [2.05, 4.69) is 0 Å². The maximum atomic E-state index is 6.00. The molecular formula is C16H19ClN2O2. The lowest BCUT2D eigenvalue weighted by Crippen LogP contribution is -2.24. The number of nitrogens with two attached hydrogens (primary N) is 1. The molecular weight excluding hydrogens is 288 g/mol. The summed E-state index contributed by atoms with van der Waals surface area (Å²) < 4.78 is 11.0. The second kappa shape index (κ2) is 7.09. The number of methoxy groups -OCH3 is 1. The average molecular weight is 307 g/mol. The molecule has 0 aliphatic rings. The summed E-state index contributed by atoms with van der Waals surface area (Å²) in [7, 11) is 3.58. The smallest absolute Gasteiger partial charge is 0.161 e. The number of anilines is 2. The van der Waals surface area contributed by atoms with Crippen molar-refractivity contribution in [1.29, 1.82) is 0 Å². The van der Waals surface area contributed by atoms with Crippen molar-refractivity contribution >= 4 is 23.0 Å². The third-order valence-corrected chi connectivity index (χ3v) is 3.39. The highest BCUT2D eigenvalue weighted by atomic mass is 35.5. The molecule has 0 aliphatic carbocycles. The van der Waals surface area contributed by atoms with Crippen LogP contribution in [0.15, 0.2) is 42.5 Å². The SMILES string of the molecule is COc1ccccc1OCCN(C)c1cc(Cl)ccc1N. The van der Waals surface area contributed by atoms with E-state index in [-0.39, 0.29) is 0 Å². The highest BCUT2D eigenvalue weighted by Crippen LogP contribution is 2.27. The Balaban J connectivity index is 1.95. The van der Waals surface area contributed by atoms with Gasteiger partial charge in [0.05, 0.1) is 25.0 Å². The summed E-state index contributed by atoms with van der Waals surface area (Å²) >= 11 is 6.00. The van der Waals surface area contributed by atoms with Crippen molar-refractivity contribution in [2.45, 2.75) is 0 Å². The minimum Gasteiger partial charge on any atom is -0.493 e. The fraction of sp³-hybridized carbons (Fsp3) is 0.250. The molecule has 0 aliphatic heterocycles. The van der Waals surface area contributed by atoms with Crippen LogP contribution in [0, 0.1) is 0 Å². The number of nitrogens with zero attached hydrogens (tertiary/aromatic N) is 1. The topological polar surface area (TPSA) is 47.7 Å². The minimum absolute atomic E-state index is 0.517. The molecule has 0 atom stereocenters. The van der Waals surface area contributed by atoms with Gasteiger partial charge in [0.1, 0.15) is 6.61 Å². The van der Waals surface area contributed by atoms with Gasteiger partial charge in [-0.3, -0.25) is 0 Å². The molecule has 0 heterocycles. The number of hydrogen-bond donors (Lipinski definition) is 1. The van der Waals surface area contributed by atoms with Crippen molar-refractivity contribution in [3.05, 3.63) is 47.5 Å². The standard InChI is InChI=1S/C16H19ClN2O2/c1-19(14-11-12(17)7-8-13(14)18)9-10-21-16-6-4-3-5-15(16)20-2/h3-8,11H,9-10,18H2,1-2H3. The van der Waals surface area contributed by atoms with Crippen molar-refractivity contribution < 1.29 is 9.47 Å². The number of ether oxygens (including phenoxy) is 2. The summed E-state index contributed by atoms with van der Waals surface area (Å²) in [6.07, 6.45) is 0. The zero-order valence-corrected chi connectivity index (χ0v) is 12.9. The zero-order valence-electron chi connectivity index (χ0n) is 12.2. The van der Waals surface area contributed by atoms with Gasteiger partial charge >= 0.3 is 0 Å². The summed E-state index contributed by atoms with van der Waals surface area (Å²) in [5, 5.41) is 0.664. The molecule has 2 N–H and O–H groups in total. The molecule has 21 heavy (non-hydrogen) atoms. The average Bonchev–Trinajstić information content (AvgIpc) is 2.50. The molecule has 0 saturated carbocycles. The van der Waals surface area contributed by atoms with E-state index >= 15 is 0 Å². The molecule has 0 spiro atoms. The third kappa shape index (κ3) is 3.95. The summed E-state index contributed by atoms with van der Waals surface area (Å²) in [6, 6.07) is 13.0. The number of rotatable bonds is 6. The number of likely N-dealkylation sites (N-methyl/N-ethyl adjacent to an activating group) is 1. The summed E-state index contributed by atoms with van der Waals surface area (Å²) in [4.78, 5) is 2.01. The second-order valence-electron chi connectivity index (χ2n) is 4.62. The Hall–Kier alpha value is -2.07. The van der Waals surface area contributed by atoms with E-state index in [4.69, 9.17) is 26.8 Å². The molecule has 2 rings (SSSR count). The summed E-state index contributed by atoms with van der Waals surface area (Å²) in [6.45, 7) is 1.20. The van der Waals surface area contributed by atoms with E-state index in [1.54, 1.807) is 19.2 Å². The van der Waals surface area contributed by atoms with Gasteiger partial charge in [-0.05, 0) is 30.3 Å². The Labute approximate surface area is 130 Å². The van der Waals surface area contributed by atoms with Gasteiger partial charge in [-0.1, -0.05) is 23.7 Å². The first kappa shape index (κ1) is 15.3. The lowest BCUT2D eigenvalue weighted by atomic mass is 10.2. The zero-order chi connectivity index (χ0) is 15.2. The lowest BCUT2D eigenvalue weighted by molar-refractivity contribution is 0.301. The van der Waals surface area contributed by atoms with Gasteiger partial charge in [-0.15, -0.1) is 0 Å². The van der Waals surface area contributed by atoms with Gasteiger partial charge in [0, 0.05) is 12.1 Å². The molecule has 0 bridgehead atoms. The van der Waals surface area contributed by atoms with E-state index in [1.807, 2.05) is 42.3 Å². The summed E-state index contributed by atoms with van der Waals surface area (Å²) in [5.74, 6) is 1.45. The van der Waals surface area contributed by atoms with Crippen molar-refractivity contribution in [3.63, 3.8) is 0 Å². The van der Waals surface area contributed by atoms with Gasteiger partial charge < -0.3 is 20.1 Å². The van der Waals surface area contributed by atoms with Crippen LogP contribution < -0.4 is 20.1 Å². The van der Waals surface area contributed by atoms with E-state index < -0.39 is 0 Å². The molecule has 5 heteroatoms. The number of hydrogen-bond acceptors (Lipinski definition) is 4. The van der Waals surface area contributed by atoms with Crippen LogP contribution in [0.1, 0.15) is 0 Å². The number of nitrogen functional groups attached to an aromatic ring is 1. The molecule has 4 nitrogen and oxygen atoms in total. The fourth-order valence-corrected chi connectivity index (χ4v) is 2.16. The molecule has 2 aromatic carbocycles. The molecule has 2 aromatic rings. The maximum Gasteiger partial charge on any atom is 0.161 e. The van der Waals surface area contributed by atoms with E-state index in [0.29, 0.717) is 23.9 Å². The largest absolute Gasteiger partial charge is 0.493 e. The quantitative estimate of drug-likeness (QED) is 0.831. The van der Waals surface area contributed by atoms with Crippen LogP contribution >= 0.6 is 11.6 Å². The second-order valence-corrected chi connectivity index (χ2v) is 5.06. The first-order chi connectivity index (χ1) is 10.1. The molecule has 0 aromatic heterocycles. The fourth-order valence-electron chi connectivity index (χ4n) is 2.00. The molecule has 112 valence electrons. The normalized spacial score (nSPS) is 10.2. The number of para-hydroxylation sites is 2. The maximum absolute atomic E-state index is 6.00. The van der Waals surface area contributed by atoms with E-state index in [1.165, 1.54) is 0 Å². The first-order valence-electron chi connectivity index (χ1n) is 6.64. The highest BCUT2D eigenvalue weighted by Gasteiger charge is 2.07. The van der Waals surface area contributed by atoms with Gasteiger partial charge in [-0.2, -0.15) is 0 Å². The van der Waals surface area contributed by atoms with Crippen LogP contribution in [0.2, 0.25) is 5.02 Å². The summed E-state index contributed by atoms with van der Waals surface area (Å²) in [5.41, 5.74) is 7.55. The van der Waals surface area contributed by atoms with Crippen LogP contribution in [0.25, 0.3) is 0 Å². The van der Waals surface area contributed by atoms with Crippen molar-refractivity contribution in [3.8, 4) is 11.5 Å². The lowest BCUT2D eigenvalue weighted by Gasteiger charge is -2.21. The van der Waals surface area contributed by atoms with E-state index in [9.17, 15) is 0 Å². The van der Waals surface area contributed by atoms with Crippen molar-refractivity contribution in [2.24, 2.45) is 0 Å². The van der Waals surface area contributed by atoms with Crippen molar-refractivity contribution in [2.75, 3.05) is 37.9 Å². The number of benzene rings is 2. The Morgan fingerprint density at radius 1 is 1.14 bits per heavy atom. The minimum atomic E-state index is 0.517. The van der Waals surface area contributed by atoms with E-state index in [0.717, 1.165) is 17.2 Å². The van der Waals surface area contributed by atoms with Crippen LogP contribution in [0.5, 0.6) is 11.5 Å². The van der Waals surface area contributed by atoms with Gasteiger partial charge in [0.15, 0.2) is 11.5 Å². The van der Waals surface area contributed by atoms with Gasteiger partial charge in [0.25, 0.3) is 0 Å². The Bertz CT molecular complexity index is 605. The van der Waals surface area contributed by atoms with Crippen LogP contribution in [-0.4, -0.2) is 27.3 Å². The predicted molar refractivity (Wildman–Crippen MR) is 87.6 cm³/mol. The van der Waals surface area contributed by atoms with Crippen LogP contribution in [0.3, 0.4) is 0 Å². The van der Waals surface area contributed by atoms with Crippen LogP contribution in [-0.2, 0) is 0 Å². The Morgan fingerprint density at radius 3 is 2.57 bits per heavy atom. The molecule has 0 amide bonds.